The molecule has 2 aromatic heterocycles. The predicted octanol–water partition coefficient (Wildman–Crippen LogP) is 3.14. The fraction of sp³-hybridized carbons (Fsp3) is 0. The minimum Gasteiger partial charge on any atom is -0.368 e. The van der Waals surface area contributed by atoms with Crippen LogP contribution in [-0.4, -0.2) is 19.7 Å². The number of aromatic nitrogens is 4. The summed E-state index contributed by atoms with van der Waals surface area (Å²) in [5.74, 6) is 1.38. The molecular formula is C17H14N6. The molecule has 112 valence electrons. The lowest BCUT2D eigenvalue weighted by atomic mass is 10.1. The number of pyridine rings is 1. The van der Waals surface area contributed by atoms with Gasteiger partial charge in [0.05, 0.1) is 0 Å². The first kappa shape index (κ1) is 13.3. The zero-order valence-electron chi connectivity index (χ0n) is 12.2. The van der Waals surface area contributed by atoms with Crippen LogP contribution in [0, 0.1) is 0 Å². The summed E-state index contributed by atoms with van der Waals surface area (Å²) in [4.78, 5) is 8.68. The van der Waals surface area contributed by atoms with Crippen LogP contribution >= 0.6 is 0 Å². The van der Waals surface area contributed by atoms with Crippen molar-refractivity contribution in [3.63, 3.8) is 0 Å². The summed E-state index contributed by atoms with van der Waals surface area (Å²) in [5, 5.41) is 9.61. The van der Waals surface area contributed by atoms with Crippen molar-refractivity contribution >= 4 is 28.4 Å². The Morgan fingerprint density at radius 3 is 2.57 bits per heavy atom. The van der Waals surface area contributed by atoms with E-state index in [4.69, 9.17) is 5.73 Å². The van der Waals surface area contributed by atoms with Gasteiger partial charge in [-0.05, 0) is 23.6 Å². The molecule has 23 heavy (non-hydrogen) atoms. The van der Waals surface area contributed by atoms with E-state index in [1.807, 2.05) is 60.7 Å². The fourth-order valence-corrected chi connectivity index (χ4v) is 2.46. The van der Waals surface area contributed by atoms with E-state index in [-0.39, 0.29) is 5.95 Å². The molecule has 6 nitrogen and oxygen atoms in total. The van der Waals surface area contributed by atoms with Gasteiger partial charge in [-0.1, -0.05) is 42.5 Å². The quantitative estimate of drug-likeness (QED) is 0.607. The van der Waals surface area contributed by atoms with Gasteiger partial charge < -0.3 is 11.1 Å². The number of benzene rings is 2. The highest BCUT2D eigenvalue weighted by Crippen LogP contribution is 2.22. The van der Waals surface area contributed by atoms with E-state index in [9.17, 15) is 0 Å². The van der Waals surface area contributed by atoms with Crippen molar-refractivity contribution in [1.82, 2.24) is 19.7 Å². The van der Waals surface area contributed by atoms with Gasteiger partial charge in [0, 0.05) is 17.3 Å². The van der Waals surface area contributed by atoms with E-state index >= 15 is 0 Å². The van der Waals surface area contributed by atoms with Gasteiger partial charge in [-0.2, -0.15) is 9.67 Å². The summed E-state index contributed by atoms with van der Waals surface area (Å²) in [6.07, 6.45) is 1.74. The summed E-state index contributed by atoms with van der Waals surface area (Å²) in [5.41, 5.74) is 6.93. The van der Waals surface area contributed by atoms with E-state index < -0.39 is 0 Å². The Morgan fingerprint density at radius 2 is 1.70 bits per heavy atom. The molecular weight excluding hydrogens is 288 g/mol. The molecule has 0 radical (unpaired) electrons. The number of rotatable bonds is 3. The largest absolute Gasteiger partial charge is 0.368 e. The highest BCUT2D eigenvalue weighted by atomic mass is 15.4. The predicted molar refractivity (Wildman–Crippen MR) is 90.8 cm³/mol. The molecule has 0 spiro atoms. The van der Waals surface area contributed by atoms with E-state index in [1.165, 1.54) is 0 Å². The van der Waals surface area contributed by atoms with Crippen molar-refractivity contribution in [3.05, 3.63) is 66.9 Å². The molecule has 0 atom stereocenters. The van der Waals surface area contributed by atoms with Crippen LogP contribution in [0.5, 0.6) is 0 Å². The molecule has 0 aliphatic rings. The van der Waals surface area contributed by atoms with Gasteiger partial charge in [0.15, 0.2) is 5.82 Å². The smallest absolute Gasteiger partial charge is 0.248 e. The van der Waals surface area contributed by atoms with E-state index in [0.29, 0.717) is 11.8 Å². The zero-order chi connectivity index (χ0) is 15.6. The summed E-state index contributed by atoms with van der Waals surface area (Å²) < 4.78 is 1.55. The minimum atomic E-state index is 0.285. The molecule has 0 unspecified atom stereocenters. The van der Waals surface area contributed by atoms with Crippen molar-refractivity contribution in [2.45, 2.75) is 0 Å². The lowest BCUT2D eigenvalue weighted by molar-refractivity contribution is 0.869. The number of hydrogen-bond donors (Lipinski definition) is 2. The number of nitrogens with zero attached hydrogens (tertiary/aromatic N) is 4. The van der Waals surface area contributed by atoms with Crippen molar-refractivity contribution in [2.24, 2.45) is 0 Å². The lowest BCUT2D eigenvalue weighted by Gasteiger charge is -2.05. The Labute approximate surface area is 132 Å². The zero-order valence-corrected chi connectivity index (χ0v) is 12.2. The second-order valence-corrected chi connectivity index (χ2v) is 5.05. The van der Waals surface area contributed by atoms with Gasteiger partial charge in [-0.3, -0.25) is 0 Å². The lowest BCUT2D eigenvalue weighted by Crippen LogP contribution is -2.05. The number of anilines is 3. The minimum absolute atomic E-state index is 0.285. The monoisotopic (exact) mass is 302 g/mol. The molecule has 0 saturated heterocycles. The topological polar surface area (TPSA) is 81.6 Å². The van der Waals surface area contributed by atoms with Crippen LogP contribution in [0.15, 0.2) is 66.9 Å². The summed E-state index contributed by atoms with van der Waals surface area (Å²) in [6.45, 7) is 0. The molecule has 0 fully saturated rings. The van der Waals surface area contributed by atoms with Crippen LogP contribution in [0.4, 0.5) is 17.6 Å². The van der Waals surface area contributed by atoms with Crippen LogP contribution in [-0.2, 0) is 0 Å². The first-order chi connectivity index (χ1) is 11.3. The Hall–Kier alpha value is -3.41. The first-order valence-corrected chi connectivity index (χ1v) is 7.20. The van der Waals surface area contributed by atoms with Gasteiger partial charge in [0.2, 0.25) is 11.9 Å². The molecule has 0 saturated carbocycles. The molecule has 4 rings (SSSR count). The molecule has 3 N–H and O–H groups in total. The molecule has 0 bridgehead atoms. The summed E-state index contributed by atoms with van der Waals surface area (Å²) in [6, 6.07) is 19.6. The third-order valence-electron chi connectivity index (χ3n) is 3.52. The number of hydrogen-bond acceptors (Lipinski definition) is 5. The van der Waals surface area contributed by atoms with Gasteiger partial charge in [-0.15, -0.1) is 5.10 Å². The van der Waals surface area contributed by atoms with E-state index in [2.05, 4.69) is 20.4 Å². The van der Waals surface area contributed by atoms with Crippen molar-refractivity contribution in [1.29, 1.82) is 0 Å². The van der Waals surface area contributed by atoms with Crippen LogP contribution in [0.1, 0.15) is 0 Å². The maximum Gasteiger partial charge on any atom is 0.248 e. The average Bonchev–Trinajstić information content (AvgIpc) is 2.95. The average molecular weight is 302 g/mol. The highest BCUT2D eigenvalue weighted by molar-refractivity contribution is 5.88. The molecule has 0 aliphatic heterocycles. The Kier molecular flexibility index (Phi) is 3.12. The number of para-hydroxylation sites is 1. The summed E-state index contributed by atoms with van der Waals surface area (Å²) in [7, 11) is 0. The van der Waals surface area contributed by atoms with Crippen LogP contribution < -0.4 is 11.1 Å². The SMILES string of the molecule is Nc1nc(Nc2ccccc2)nn1-c1nccc2ccccc12. The highest BCUT2D eigenvalue weighted by Gasteiger charge is 2.12. The van der Waals surface area contributed by atoms with Crippen LogP contribution in [0.25, 0.3) is 16.6 Å². The third kappa shape index (κ3) is 2.46. The fourth-order valence-electron chi connectivity index (χ4n) is 2.46. The first-order valence-electron chi connectivity index (χ1n) is 7.20. The van der Waals surface area contributed by atoms with E-state index in [0.717, 1.165) is 16.5 Å². The Bertz CT molecular complexity index is 956. The normalized spacial score (nSPS) is 10.8. The molecule has 6 heteroatoms. The van der Waals surface area contributed by atoms with Crippen molar-refractivity contribution < 1.29 is 0 Å². The third-order valence-corrected chi connectivity index (χ3v) is 3.52. The molecule has 2 heterocycles. The molecule has 0 amide bonds. The maximum absolute atomic E-state index is 6.03. The van der Waals surface area contributed by atoms with Gasteiger partial charge >= 0.3 is 0 Å². The molecule has 4 aromatic rings. The van der Waals surface area contributed by atoms with Gasteiger partial charge in [0.25, 0.3) is 0 Å². The van der Waals surface area contributed by atoms with E-state index in [1.54, 1.807) is 10.9 Å². The number of nitrogens with one attached hydrogen (secondary N) is 1. The Morgan fingerprint density at radius 1 is 0.913 bits per heavy atom. The number of nitrogen functional groups attached to an aromatic ring is 1. The second kappa shape index (κ2) is 5.42. The summed E-state index contributed by atoms with van der Waals surface area (Å²) >= 11 is 0. The maximum atomic E-state index is 6.03. The second-order valence-electron chi connectivity index (χ2n) is 5.05. The Balaban J connectivity index is 1.77. The number of nitrogens with two attached hydrogens (primary N) is 1. The molecule has 0 aliphatic carbocycles. The van der Waals surface area contributed by atoms with Crippen LogP contribution in [0.3, 0.4) is 0 Å². The van der Waals surface area contributed by atoms with Gasteiger partial charge in [-0.25, -0.2) is 4.98 Å². The van der Waals surface area contributed by atoms with Gasteiger partial charge in [0.1, 0.15) is 0 Å². The molecule has 2 aromatic carbocycles. The van der Waals surface area contributed by atoms with Crippen molar-refractivity contribution in [3.8, 4) is 5.82 Å². The standard InChI is InChI=1S/C17H14N6/c18-16-21-17(20-13-7-2-1-3-8-13)22-23(16)15-14-9-5-4-6-12(14)10-11-19-15/h1-11H,(H3,18,20,21,22). The van der Waals surface area contributed by atoms with Crippen molar-refractivity contribution in [2.75, 3.05) is 11.1 Å². The van der Waals surface area contributed by atoms with Crippen LogP contribution in [0.2, 0.25) is 0 Å². The number of fused-ring (bicyclic) bond motifs is 1.